The van der Waals surface area contributed by atoms with E-state index < -0.39 is 5.91 Å². The molecule has 1 aromatic carbocycles. The summed E-state index contributed by atoms with van der Waals surface area (Å²) in [7, 11) is 1.61. The van der Waals surface area contributed by atoms with Gasteiger partial charge in [0.05, 0.1) is 12.8 Å². The summed E-state index contributed by atoms with van der Waals surface area (Å²) in [5.41, 5.74) is 11.1. The maximum absolute atomic E-state index is 14.0. The van der Waals surface area contributed by atoms with Gasteiger partial charge >= 0.3 is 0 Å². The minimum Gasteiger partial charge on any atom is -0.496 e. The molecule has 2 aromatic heterocycles. The summed E-state index contributed by atoms with van der Waals surface area (Å²) in [5, 5.41) is 7.38. The number of ether oxygens (including phenoxy) is 1. The summed E-state index contributed by atoms with van der Waals surface area (Å²) in [5.74, 6) is 0.275. The van der Waals surface area contributed by atoms with Gasteiger partial charge < -0.3 is 15.4 Å². The van der Waals surface area contributed by atoms with Crippen LogP contribution in [0.2, 0.25) is 0 Å². The predicted octanol–water partition coefficient (Wildman–Crippen LogP) is 8.68. The van der Waals surface area contributed by atoms with Gasteiger partial charge in [-0.2, -0.15) is 5.10 Å². The fourth-order valence-electron chi connectivity index (χ4n) is 5.81. The lowest BCUT2D eigenvalue weighted by molar-refractivity contribution is -0.128. The summed E-state index contributed by atoms with van der Waals surface area (Å²) in [4.78, 5) is 30.6. The Bertz CT molecular complexity index is 1500. The number of rotatable bonds is 11. The number of nitrogens with two attached hydrogens (primary N) is 1. The summed E-state index contributed by atoms with van der Waals surface area (Å²) < 4.78 is 19.3. The number of carbonyl (C=O) groups excluding carboxylic acids is 2. The molecule has 1 atom stereocenters. The molecule has 4 rings (SSSR count). The number of benzene rings is 1. The number of aromatic nitrogens is 3. The number of pyridine rings is 1. The Kier molecular flexibility index (Phi) is 21.7. The standard InChI is InChI=1S/C16H24FNO.C15H18N4O.C8H17NO.C2H4/c1-13-8-5-3-4-6-11-18(13)12-14-15(17)9-7-10-16(14)19-2;1-4-13-12(7-9(2)15(16)20)14(19-18-13)11-5-6-17-10(3)8-11;1-4-6-9(7-5-2)8(3)10;1-2/h7,9-10,13H,3-6,8,11-12H2,1-2H3;5-8H,4H2,1-3H3,(H2,16,20)(H,18,19);4-7H2,1-3H3;1-2H2/b;9-7+;;. The number of aryl methyl sites for hydroxylation is 2. The molecule has 3 aromatic rings. The molecule has 1 unspecified atom stereocenters. The molecule has 3 N–H and O–H groups in total. The van der Waals surface area contributed by atoms with Gasteiger partial charge in [-0.15, -0.1) is 13.2 Å². The minimum absolute atomic E-state index is 0.159. The molecule has 3 heterocycles. The summed E-state index contributed by atoms with van der Waals surface area (Å²) in [6.45, 7) is 23.2. The van der Waals surface area contributed by atoms with Gasteiger partial charge in [-0.1, -0.05) is 46.1 Å². The Morgan fingerprint density at radius 3 is 2.33 bits per heavy atom. The highest BCUT2D eigenvalue weighted by Crippen LogP contribution is 2.27. The third-order valence-corrected chi connectivity index (χ3v) is 8.69. The van der Waals surface area contributed by atoms with Gasteiger partial charge in [0, 0.05) is 72.4 Å². The molecule has 2 amide bonds. The lowest BCUT2D eigenvalue weighted by Crippen LogP contribution is -2.34. The zero-order valence-corrected chi connectivity index (χ0v) is 32.5. The minimum atomic E-state index is -0.426. The van der Waals surface area contributed by atoms with Crippen molar-refractivity contribution >= 4 is 17.9 Å². The highest BCUT2D eigenvalue weighted by Gasteiger charge is 2.20. The molecule has 0 spiro atoms. The average Bonchev–Trinajstić information content (AvgIpc) is 3.52. The van der Waals surface area contributed by atoms with E-state index in [1.165, 1.54) is 38.2 Å². The third-order valence-electron chi connectivity index (χ3n) is 8.69. The molecule has 9 nitrogen and oxygen atoms in total. The maximum atomic E-state index is 14.0. The van der Waals surface area contributed by atoms with E-state index in [4.69, 9.17) is 10.5 Å². The number of nitrogens with one attached hydrogen (secondary N) is 1. The Balaban J connectivity index is 0.000000393. The van der Waals surface area contributed by atoms with Crippen LogP contribution in [0, 0.1) is 12.7 Å². The van der Waals surface area contributed by atoms with Crippen LogP contribution < -0.4 is 10.5 Å². The Hall–Kier alpha value is -4.31. The van der Waals surface area contributed by atoms with E-state index in [9.17, 15) is 14.0 Å². The molecule has 1 saturated heterocycles. The first-order chi connectivity index (χ1) is 24.5. The largest absolute Gasteiger partial charge is 0.496 e. The SMILES string of the molecule is C=C.CCCN(CCC)C(C)=O.CCc1[nH]nc(-c2ccnc(C)c2)c1/C=C(\C)C(N)=O.COc1cccc(F)c1CN1CCCCCCC1C. The van der Waals surface area contributed by atoms with Crippen molar-refractivity contribution in [1.29, 1.82) is 0 Å². The first-order valence-electron chi connectivity index (χ1n) is 18.3. The zero-order valence-electron chi connectivity index (χ0n) is 32.5. The first-order valence-corrected chi connectivity index (χ1v) is 18.3. The number of hydrogen-bond donors (Lipinski definition) is 2. The molecular weight excluding hydrogens is 643 g/mol. The van der Waals surface area contributed by atoms with Crippen LogP contribution in [0.4, 0.5) is 4.39 Å². The van der Waals surface area contributed by atoms with Crippen molar-refractivity contribution in [2.75, 3.05) is 26.7 Å². The van der Waals surface area contributed by atoms with E-state index in [-0.39, 0.29) is 11.7 Å². The number of methoxy groups -OCH3 is 1. The number of halogens is 1. The second kappa shape index (κ2) is 24.8. The molecule has 10 heteroatoms. The van der Waals surface area contributed by atoms with Gasteiger partial charge in [0.1, 0.15) is 11.6 Å². The van der Waals surface area contributed by atoms with Crippen LogP contribution in [0.1, 0.15) is 109 Å². The maximum Gasteiger partial charge on any atom is 0.244 e. The molecule has 282 valence electrons. The van der Waals surface area contributed by atoms with E-state index in [1.54, 1.807) is 39.3 Å². The van der Waals surface area contributed by atoms with Gasteiger partial charge in [0.25, 0.3) is 0 Å². The van der Waals surface area contributed by atoms with Crippen LogP contribution >= 0.6 is 0 Å². The fraction of sp³-hybridized carbons (Fsp3) is 0.512. The van der Waals surface area contributed by atoms with Crippen molar-refractivity contribution in [1.82, 2.24) is 25.0 Å². The van der Waals surface area contributed by atoms with Crippen LogP contribution in [0.15, 0.2) is 55.3 Å². The zero-order chi connectivity index (χ0) is 38.3. The van der Waals surface area contributed by atoms with Crippen molar-refractivity contribution in [2.45, 2.75) is 112 Å². The second-order valence-electron chi connectivity index (χ2n) is 12.6. The molecule has 0 bridgehead atoms. The van der Waals surface area contributed by atoms with E-state index in [0.29, 0.717) is 29.5 Å². The number of hydrogen-bond acceptors (Lipinski definition) is 6. The molecule has 0 aliphatic carbocycles. The molecule has 1 aliphatic heterocycles. The number of carbonyl (C=O) groups is 2. The van der Waals surface area contributed by atoms with Crippen LogP contribution in [-0.4, -0.2) is 69.6 Å². The van der Waals surface area contributed by atoms with E-state index >= 15 is 0 Å². The number of amides is 2. The number of primary amides is 1. The number of H-pyrrole nitrogens is 1. The number of likely N-dealkylation sites (tertiary alicyclic amines) is 1. The van der Waals surface area contributed by atoms with Gasteiger partial charge in [-0.25, -0.2) is 4.39 Å². The average molecular weight is 707 g/mol. The summed E-state index contributed by atoms with van der Waals surface area (Å²) >= 11 is 0. The van der Waals surface area contributed by atoms with E-state index in [0.717, 1.165) is 67.1 Å². The van der Waals surface area contributed by atoms with Crippen molar-refractivity contribution in [3.8, 4) is 17.0 Å². The third kappa shape index (κ3) is 15.2. The van der Waals surface area contributed by atoms with Crippen LogP contribution in [0.5, 0.6) is 5.75 Å². The topological polar surface area (TPSA) is 117 Å². The molecular formula is C41H63FN6O3. The lowest BCUT2D eigenvalue weighted by atomic mass is 10.0. The smallest absolute Gasteiger partial charge is 0.244 e. The monoisotopic (exact) mass is 706 g/mol. The van der Waals surface area contributed by atoms with E-state index in [1.807, 2.05) is 36.9 Å². The van der Waals surface area contributed by atoms with Gasteiger partial charge in [-0.3, -0.25) is 24.6 Å². The van der Waals surface area contributed by atoms with E-state index in [2.05, 4.69) is 54.0 Å². The summed E-state index contributed by atoms with van der Waals surface area (Å²) in [6.07, 6.45) is 12.8. The quantitative estimate of drug-likeness (QED) is 0.152. The van der Waals surface area contributed by atoms with Crippen LogP contribution in [0.25, 0.3) is 17.3 Å². The normalized spacial score (nSPS) is 14.6. The first kappa shape index (κ1) is 44.7. The lowest BCUT2D eigenvalue weighted by Gasteiger charge is -2.31. The molecule has 51 heavy (non-hydrogen) atoms. The van der Waals surface area contributed by atoms with Gasteiger partial charge in [0.15, 0.2) is 0 Å². The molecule has 0 saturated carbocycles. The van der Waals surface area contributed by atoms with Crippen molar-refractivity contribution < 1.29 is 18.7 Å². The predicted molar refractivity (Wildman–Crippen MR) is 209 cm³/mol. The molecule has 1 fully saturated rings. The highest BCUT2D eigenvalue weighted by molar-refractivity contribution is 5.97. The fourth-order valence-corrected chi connectivity index (χ4v) is 5.81. The molecule has 0 radical (unpaired) electrons. The Morgan fingerprint density at radius 2 is 1.76 bits per heavy atom. The number of aromatic amines is 1. The van der Waals surface area contributed by atoms with Crippen molar-refractivity contribution in [3.05, 3.63) is 83.6 Å². The summed E-state index contributed by atoms with van der Waals surface area (Å²) in [6, 6.07) is 9.45. The second-order valence-corrected chi connectivity index (χ2v) is 12.6. The Labute approximate surface area is 306 Å². The van der Waals surface area contributed by atoms with Gasteiger partial charge in [-0.05, 0) is 89.8 Å². The Morgan fingerprint density at radius 1 is 1.10 bits per heavy atom. The van der Waals surface area contributed by atoms with Crippen molar-refractivity contribution in [3.63, 3.8) is 0 Å². The number of nitrogens with zero attached hydrogens (tertiary/aromatic N) is 4. The van der Waals surface area contributed by atoms with Crippen molar-refractivity contribution in [2.24, 2.45) is 5.73 Å². The van der Waals surface area contributed by atoms with Crippen LogP contribution in [0.3, 0.4) is 0 Å². The van der Waals surface area contributed by atoms with Crippen LogP contribution in [-0.2, 0) is 22.6 Å². The molecule has 1 aliphatic rings. The van der Waals surface area contributed by atoms with Gasteiger partial charge in [0.2, 0.25) is 11.8 Å². The highest BCUT2D eigenvalue weighted by atomic mass is 19.1.